The first-order valence-corrected chi connectivity index (χ1v) is 8.08. The lowest BCUT2D eigenvalue weighted by molar-refractivity contribution is -0.141. The van der Waals surface area contributed by atoms with Crippen molar-refractivity contribution in [1.29, 1.82) is 0 Å². The molecule has 2 aromatic rings. The molecule has 1 aliphatic rings. The molecule has 1 aliphatic heterocycles. The van der Waals surface area contributed by atoms with E-state index in [2.05, 4.69) is 15.1 Å². The van der Waals surface area contributed by atoms with Crippen LogP contribution in [0.2, 0.25) is 0 Å². The number of likely N-dealkylation sites (tertiary alicyclic amines) is 1. The summed E-state index contributed by atoms with van der Waals surface area (Å²) in [5.41, 5.74) is -0.0645. The van der Waals surface area contributed by atoms with E-state index < -0.39 is 11.9 Å². The van der Waals surface area contributed by atoms with E-state index in [1.165, 1.54) is 17.2 Å². The van der Waals surface area contributed by atoms with E-state index in [0.717, 1.165) is 11.8 Å². The summed E-state index contributed by atoms with van der Waals surface area (Å²) in [6, 6.07) is 2.65. The van der Waals surface area contributed by atoms with Crippen LogP contribution < -0.4 is 0 Å². The Bertz CT molecular complexity index is 708. The van der Waals surface area contributed by atoms with Gasteiger partial charge in [0.1, 0.15) is 6.33 Å². The summed E-state index contributed by atoms with van der Waals surface area (Å²) in [7, 11) is 0. The molecule has 0 spiro atoms. The summed E-state index contributed by atoms with van der Waals surface area (Å²) in [6.07, 6.45) is 2.12. The Morgan fingerprint density at radius 3 is 2.60 bits per heavy atom. The van der Waals surface area contributed by atoms with Crippen LogP contribution in [0.25, 0.3) is 0 Å². The number of piperidine rings is 1. The van der Waals surface area contributed by atoms with Gasteiger partial charge in [0.2, 0.25) is 5.91 Å². The third-order valence-electron chi connectivity index (χ3n) is 4.33. The monoisotopic (exact) mass is 353 g/mol. The van der Waals surface area contributed by atoms with Crippen LogP contribution in [0.1, 0.15) is 36.7 Å². The maximum absolute atomic E-state index is 12.6. The highest BCUT2D eigenvalue weighted by Gasteiger charge is 2.34. The summed E-state index contributed by atoms with van der Waals surface area (Å²) in [5.74, 6) is 0.0357. The number of alkyl halides is 3. The molecule has 0 N–H and O–H groups in total. The molecule has 0 unspecified atom stereocenters. The van der Waals surface area contributed by atoms with Gasteiger partial charge in [-0.05, 0) is 31.4 Å². The highest BCUT2D eigenvalue weighted by molar-refractivity contribution is 5.76. The summed E-state index contributed by atoms with van der Waals surface area (Å²) in [4.78, 5) is 21.9. The van der Waals surface area contributed by atoms with Crippen molar-refractivity contribution < 1.29 is 18.0 Å². The van der Waals surface area contributed by atoms with Crippen LogP contribution in [-0.4, -0.2) is 43.6 Å². The third kappa shape index (κ3) is 4.34. The minimum Gasteiger partial charge on any atom is -0.343 e. The fourth-order valence-corrected chi connectivity index (χ4v) is 2.93. The van der Waals surface area contributed by atoms with Crippen LogP contribution in [0.5, 0.6) is 0 Å². The van der Waals surface area contributed by atoms with Gasteiger partial charge < -0.3 is 4.90 Å². The number of aryl methyl sites for hydroxylation is 1. The molecule has 0 aliphatic carbocycles. The number of carbonyl (C=O) groups excluding carboxylic acids is 1. The fraction of sp³-hybridized carbons (Fsp3) is 0.500. The van der Waals surface area contributed by atoms with Crippen molar-refractivity contribution in [1.82, 2.24) is 24.6 Å². The molecule has 0 bridgehead atoms. The van der Waals surface area contributed by atoms with Crippen molar-refractivity contribution >= 4 is 5.91 Å². The van der Waals surface area contributed by atoms with Crippen molar-refractivity contribution in [3.8, 4) is 0 Å². The molecular formula is C16H18F3N5O. The summed E-state index contributed by atoms with van der Waals surface area (Å²) in [5, 5.41) is 3.63. The molecule has 25 heavy (non-hydrogen) atoms. The van der Waals surface area contributed by atoms with Gasteiger partial charge >= 0.3 is 6.18 Å². The Labute approximate surface area is 142 Å². The molecule has 134 valence electrons. The average Bonchev–Trinajstić information content (AvgIpc) is 3.11. The van der Waals surface area contributed by atoms with Gasteiger partial charge in [-0.2, -0.15) is 18.3 Å². The van der Waals surface area contributed by atoms with Gasteiger partial charge in [-0.25, -0.2) is 9.97 Å². The van der Waals surface area contributed by atoms with E-state index in [9.17, 15) is 18.0 Å². The van der Waals surface area contributed by atoms with Crippen molar-refractivity contribution in [3.63, 3.8) is 0 Å². The Balaban J connectivity index is 1.50. The Hall–Kier alpha value is -2.45. The van der Waals surface area contributed by atoms with Crippen LogP contribution in [-0.2, 0) is 17.4 Å². The van der Waals surface area contributed by atoms with E-state index in [4.69, 9.17) is 0 Å². The van der Waals surface area contributed by atoms with Crippen LogP contribution in [0.3, 0.4) is 0 Å². The number of hydrogen-bond donors (Lipinski definition) is 0. The topological polar surface area (TPSA) is 63.9 Å². The van der Waals surface area contributed by atoms with Crippen LogP contribution in [0, 0.1) is 0 Å². The van der Waals surface area contributed by atoms with E-state index in [-0.39, 0.29) is 11.9 Å². The maximum atomic E-state index is 12.6. The van der Waals surface area contributed by atoms with Crippen LogP contribution >= 0.6 is 0 Å². The van der Waals surface area contributed by atoms with Gasteiger partial charge in [-0.3, -0.25) is 9.48 Å². The summed E-state index contributed by atoms with van der Waals surface area (Å²) in [6.45, 7) is 1.04. The minimum absolute atomic E-state index is 0.0357. The second-order valence-corrected chi connectivity index (χ2v) is 5.99. The first-order valence-electron chi connectivity index (χ1n) is 8.08. The van der Waals surface area contributed by atoms with Gasteiger partial charge in [-0.1, -0.05) is 0 Å². The molecular weight excluding hydrogens is 335 g/mol. The number of rotatable bonds is 4. The highest BCUT2D eigenvalue weighted by atomic mass is 19.4. The van der Waals surface area contributed by atoms with E-state index in [1.54, 1.807) is 17.2 Å². The average molecular weight is 353 g/mol. The molecule has 9 heteroatoms. The molecule has 0 saturated carbocycles. The van der Waals surface area contributed by atoms with Gasteiger partial charge in [0.25, 0.3) is 0 Å². The van der Waals surface area contributed by atoms with Gasteiger partial charge in [0, 0.05) is 37.6 Å². The second-order valence-electron chi connectivity index (χ2n) is 5.99. The fourth-order valence-electron chi connectivity index (χ4n) is 2.93. The molecule has 0 radical (unpaired) electrons. The zero-order chi connectivity index (χ0) is 17.9. The van der Waals surface area contributed by atoms with E-state index >= 15 is 0 Å². The molecule has 1 amide bonds. The smallest absolute Gasteiger partial charge is 0.343 e. The summed E-state index contributed by atoms with van der Waals surface area (Å²) >= 11 is 0. The minimum atomic E-state index is -4.43. The Morgan fingerprint density at radius 1 is 1.24 bits per heavy atom. The molecule has 1 saturated heterocycles. The lowest BCUT2D eigenvalue weighted by Crippen LogP contribution is -2.39. The van der Waals surface area contributed by atoms with Gasteiger partial charge in [-0.15, -0.1) is 0 Å². The SMILES string of the molecule is O=C(CCc1ccncn1)N1CCC(n2ccc(C(F)(F)F)n2)CC1. The standard InChI is InChI=1S/C16H18F3N5O/c17-16(18,19)14-6-10-24(22-14)13-4-8-23(9-5-13)15(25)2-1-12-3-7-20-11-21-12/h3,6-7,10-11,13H,1-2,4-5,8-9H2. The van der Waals surface area contributed by atoms with Crippen LogP contribution in [0.15, 0.2) is 30.9 Å². The molecule has 1 fully saturated rings. The van der Waals surface area contributed by atoms with Crippen molar-refractivity contribution in [3.05, 3.63) is 42.2 Å². The number of carbonyl (C=O) groups is 1. The largest absolute Gasteiger partial charge is 0.435 e. The molecule has 2 aromatic heterocycles. The second kappa shape index (κ2) is 7.20. The predicted molar refractivity (Wildman–Crippen MR) is 82.4 cm³/mol. The quantitative estimate of drug-likeness (QED) is 0.847. The van der Waals surface area contributed by atoms with E-state index in [1.807, 2.05) is 0 Å². The Morgan fingerprint density at radius 2 is 2.00 bits per heavy atom. The number of aromatic nitrogens is 4. The van der Waals surface area contributed by atoms with E-state index in [0.29, 0.717) is 38.8 Å². The molecule has 3 heterocycles. The van der Waals surface area contributed by atoms with Gasteiger partial charge in [0.15, 0.2) is 5.69 Å². The number of halogens is 3. The predicted octanol–water partition coefficient (Wildman–Crippen LogP) is 2.49. The Kier molecular flexibility index (Phi) is 5.00. The molecule has 6 nitrogen and oxygen atoms in total. The number of hydrogen-bond acceptors (Lipinski definition) is 4. The van der Waals surface area contributed by atoms with Crippen molar-refractivity contribution in [2.24, 2.45) is 0 Å². The maximum Gasteiger partial charge on any atom is 0.435 e. The first-order chi connectivity index (χ1) is 11.9. The zero-order valence-corrected chi connectivity index (χ0v) is 13.5. The lowest BCUT2D eigenvalue weighted by atomic mass is 10.0. The van der Waals surface area contributed by atoms with Crippen molar-refractivity contribution in [2.75, 3.05) is 13.1 Å². The summed E-state index contributed by atoms with van der Waals surface area (Å²) < 4.78 is 39.2. The molecule has 0 atom stereocenters. The zero-order valence-electron chi connectivity index (χ0n) is 13.5. The third-order valence-corrected chi connectivity index (χ3v) is 4.33. The van der Waals surface area contributed by atoms with Crippen LogP contribution in [0.4, 0.5) is 13.2 Å². The highest BCUT2D eigenvalue weighted by Crippen LogP contribution is 2.29. The number of amides is 1. The first kappa shape index (κ1) is 17.4. The normalized spacial score (nSPS) is 16.2. The molecule has 0 aromatic carbocycles. The van der Waals surface area contributed by atoms with Crippen molar-refractivity contribution in [2.45, 2.75) is 37.9 Å². The van der Waals surface area contributed by atoms with Gasteiger partial charge in [0.05, 0.1) is 6.04 Å². The lowest BCUT2D eigenvalue weighted by Gasteiger charge is -2.32. The number of nitrogens with zero attached hydrogens (tertiary/aromatic N) is 5. The molecule has 3 rings (SSSR count).